The number of halogens is 1. The zero-order valence-corrected chi connectivity index (χ0v) is 13.2. The predicted octanol–water partition coefficient (Wildman–Crippen LogP) is 2.43. The third-order valence-corrected chi connectivity index (χ3v) is 2.66. The van der Waals surface area contributed by atoms with Crippen LogP contribution in [-0.4, -0.2) is 42.2 Å². The molecule has 0 heterocycles. The number of carbonyl (C=O) groups excluding carboxylic acids is 1. The Bertz CT molecular complexity index is 447. The van der Waals surface area contributed by atoms with Gasteiger partial charge < -0.3 is 19.9 Å². The van der Waals surface area contributed by atoms with Gasteiger partial charge >= 0.3 is 6.09 Å². The Balaban J connectivity index is 2.21. The highest BCUT2D eigenvalue weighted by molar-refractivity contribution is 5.67. The van der Waals surface area contributed by atoms with Crippen molar-refractivity contribution in [3.63, 3.8) is 0 Å². The second-order valence-electron chi connectivity index (χ2n) is 5.97. The molecule has 5 nitrogen and oxygen atoms in total. The number of aliphatic hydroxyl groups is 1. The van der Waals surface area contributed by atoms with Crippen LogP contribution >= 0.6 is 0 Å². The average Bonchev–Trinajstić information content (AvgIpc) is 2.44. The summed E-state index contributed by atoms with van der Waals surface area (Å²) in [6.07, 6.45) is -3.62. The largest absolute Gasteiger partial charge is 0.444 e. The van der Waals surface area contributed by atoms with E-state index in [9.17, 15) is 14.3 Å². The molecule has 1 amide bonds. The number of rotatable bonds is 7. The van der Waals surface area contributed by atoms with Gasteiger partial charge in [-0.05, 0) is 26.3 Å². The third kappa shape index (κ3) is 7.95. The number of hydrogen-bond donors (Lipinski definition) is 2. The molecule has 0 bridgehead atoms. The van der Waals surface area contributed by atoms with Gasteiger partial charge in [-0.25, -0.2) is 9.18 Å². The first-order chi connectivity index (χ1) is 10.3. The zero-order chi connectivity index (χ0) is 16.6. The van der Waals surface area contributed by atoms with Gasteiger partial charge in [0.05, 0.1) is 13.2 Å². The standard InChI is InChI=1S/C16H24FNO4/c1-16(2,3)22-15(20)18-9-14(19)13(17)11-21-10-12-7-5-4-6-8-12/h4-8,13-14,19H,9-11H2,1-3H3,(H,18,20)/t13-,14+/m0/s1. The molecule has 0 aliphatic carbocycles. The molecule has 124 valence electrons. The molecule has 0 saturated carbocycles. The number of amides is 1. The maximum atomic E-state index is 13.7. The number of ether oxygens (including phenoxy) is 2. The molecule has 0 spiro atoms. The minimum atomic E-state index is -1.58. The van der Waals surface area contributed by atoms with Gasteiger partial charge in [0.25, 0.3) is 0 Å². The van der Waals surface area contributed by atoms with E-state index in [4.69, 9.17) is 9.47 Å². The van der Waals surface area contributed by atoms with Crippen LogP contribution in [0.4, 0.5) is 9.18 Å². The molecule has 6 heteroatoms. The first-order valence-electron chi connectivity index (χ1n) is 7.18. The van der Waals surface area contributed by atoms with Gasteiger partial charge in [-0.1, -0.05) is 30.3 Å². The number of aliphatic hydroxyl groups excluding tert-OH is 1. The van der Waals surface area contributed by atoms with Crippen LogP contribution in [0.5, 0.6) is 0 Å². The lowest BCUT2D eigenvalue weighted by atomic mass is 10.2. The quantitative estimate of drug-likeness (QED) is 0.811. The molecule has 1 aromatic rings. The fourth-order valence-electron chi connectivity index (χ4n) is 1.60. The SMILES string of the molecule is CC(C)(C)OC(=O)NC[C@@H](O)[C@@H](F)COCc1ccccc1. The van der Waals surface area contributed by atoms with Crippen molar-refractivity contribution in [1.29, 1.82) is 0 Å². The topological polar surface area (TPSA) is 67.8 Å². The molecule has 0 aromatic heterocycles. The van der Waals surface area contributed by atoms with Crippen molar-refractivity contribution in [2.45, 2.75) is 45.3 Å². The van der Waals surface area contributed by atoms with Gasteiger partial charge in [-0.3, -0.25) is 0 Å². The zero-order valence-electron chi connectivity index (χ0n) is 13.2. The molecule has 1 rings (SSSR count). The van der Waals surface area contributed by atoms with Gasteiger partial charge in [0.15, 0.2) is 6.17 Å². The smallest absolute Gasteiger partial charge is 0.407 e. The Morgan fingerprint density at radius 3 is 2.55 bits per heavy atom. The minimum absolute atomic E-state index is 0.231. The molecule has 22 heavy (non-hydrogen) atoms. The monoisotopic (exact) mass is 313 g/mol. The summed E-state index contributed by atoms with van der Waals surface area (Å²) in [5, 5.41) is 12.0. The summed E-state index contributed by atoms with van der Waals surface area (Å²) < 4.78 is 23.9. The molecular formula is C16H24FNO4. The van der Waals surface area contributed by atoms with Crippen molar-refractivity contribution in [3.8, 4) is 0 Å². The van der Waals surface area contributed by atoms with Crippen molar-refractivity contribution < 1.29 is 23.8 Å². The van der Waals surface area contributed by atoms with Crippen LogP contribution in [0.2, 0.25) is 0 Å². The lowest BCUT2D eigenvalue weighted by Gasteiger charge is -2.21. The van der Waals surface area contributed by atoms with Crippen LogP contribution in [0.25, 0.3) is 0 Å². The van der Waals surface area contributed by atoms with E-state index in [1.165, 1.54) is 0 Å². The highest BCUT2D eigenvalue weighted by Crippen LogP contribution is 2.07. The lowest BCUT2D eigenvalue weighted by molar-refractivity contribution is -0.000460. The normalized spacial score (nSPS) is 14.2. The fraction of sp³-hybridized carbons (Fsp3) is 0.562. The van der Waals surface area contributed by atoms with Crippen LogP contribution in [-0.2, 0) is 16.1 Å². The van der Waals surface area contributed by atoms with Crippen LogP contribution in [0, 0.1) is 0 Å². The molecule has 1 aromatic carbocycles. The van der Waals surface area contributed by atoms with Crippen LogP contribution in [0.3, 0.4) is 0 Å². The first-order valence-corrected chi connectivity index (χ1v) is 7.18. The maximum Gasteiger partial charge on any atom is 0.407 e. The molecular weight excluding hydrogens is 289 g/mol. The summed E-state index contributed by atoms with van der Waals surface area (Å²) in [6.45, 7) is 4.96. The highest BCUT2D eigenvalue weighted by atomic mass is 19.1. The molecule has 0 radical (unpaired) electrons. The van der Waals surface area contributed by atoms with Crippen molar-refractivity contribution in [2.24, 2.45) is 0 Å². The van der Waals surface area contributed by atoms with Crippen LogP contribution in [0.15, 0.2) is 30.3 Å². The van der Waals surface area contributed by atoms with Gasteiger partial charge in [-0.15, -0.1) is 0 Å². The number of nitrogens with one attached hydrogen (secondary N) is 1. The van der Waals surface area contributed by atoms with E-state index < -0.39 is 24.0 Å². The lowest BCUT2D eigenvalue weighted by Crippen LogP contribution is -2.41. The molecule has 0 aliphatic heterocycles. The van der Waals surface area contributed by atoms with Gasteiger partial charge in [0.1, 0.15) is 11.7 Å². The number of alkyl carbamates (subject to hydrolysis) is 1. The summed E-state index contributed by atoms with van der Waals surface area (Å²) in [6, 6.07) is 9.35. The van der Waals surface area contributed by atoms with E-state index in [1.807, 2.05) is 30.3 Å². The Hall–Kier alpha value is -1.66. The van der Waals surface area contributed by atoms with Crippen molar-refractivity contribution >= 4 is 6.09 Å². The van der Waals surface area contributed by atoms with E-state index in [0.717, 1.165) is 5.56 Å². The van der Waals surface area contributed by atoms with E-state index in [-0.39, 0.29) is 19.8 Å². The van der Waals surface area contributed by atoms with Crippen LogP contribution in [0.1, 0.15) is 26.3 Å². The van der Waals surface area contributed by atoms with Crippen molar-refractivity contribution in [2.75, 3.05) is 13.2 Å². The Kier molecular flexibility index (Phi) is 7.27. The second-order valence-corrected chi connectivity index (χ2v) is 5.97. The third-order valence-electron chi connectivity index (χ3n) is 2.66. The average molecular weight is 313 g/mol. The summed E-state index contributed by atoms with van der Waals surface area (Å²) in [4.78, 5) is 11.4. The molecule has 0 unspecified atom stereocenters. The molecule has 2 N–H and O–H groups in total. The van der Waals surface area contributed by atoms with Gasteiger partial charge in [-0.2, -0.15) is 0 Å². The van der Waals surface area contributed by atoms with E-state index in [2.05, 4.69) is 5.32 Å². The predicted molar refractivity (Wildman–Crippen MR) is 81.2 cm³/mol. The Morgan fingerprint density at radius 2 is 1.95 bits per heavy atom. The highest BCUT2D eigenvalue weighted by Gasteiger charge is 2.21. The van der Waals surface area contributed by atoms with Crippen molar-refractivity contribution in [1.82, 2.24) is 5.32 Å². The number of carbonyl (C=O) groups is 1. The number of hydrogen-bond acceptors (Lipinski definition) is 4. The molecule has 2 atom stereocenters. The first kappa shape index (κ1) is 18.4. The van der Waals surface area contributed by atoms with Gasteiger partial charge in [0.2, 0.25) is 0 Å². The molecule has 0 aliphatic rings. The summed E-state index contributed by atoms with van der Waals surface area (Å²) in [5.41, 5.74) is 0.291. The van der Waals surface area contributed by atoms with Crippen LogP contribution < -0.4 is 5.32 Å². The summed E-state index contributed by atoms with van der Waals surface area (Å²) in [5.74, 6) is 0. The van der Waals surface area contributed by atoms with Gasteiger partial charge in [0, 0.05) is 6.54 Å². The summed E-state index contributed by atoms with van der Waals surface area (Å²) >= 11 is 0. The number of alkyl halides is 1. The number of benzene rings is 1. The van der Waals surface area contributed by atoms with E-state index >= 15 is 0 Å². The molecule has 0 fully saturated rings. The Labute approximate surface area is 130 Å². The maximum absolute atomic E-state index is 13.7. The summed E-state index contributed by atoms with van der Waals surface area (Å²) in [7, 11) is 0. The Morgan fingerprint density at radius 1 is 1.32 bits per heavy atom. The fourth-order valence-corrected chi connectivity index (χ4v) is 1.60. The van der Waals surface area contributed by atoms with Crippen molar-refractivity contribution in [3.05, 3.63) is 35.9 Å². The van der Waals surface area contributed by atoms with E-state index in [1.54, 1.807) is 20.8 Å². The van der Waals surface area contributed by atoms with E-state index in [0.29, 0.717) is 0 Å². The molecule has 0 saturated heterocycles. The minimum Gasteiger partial charge on any atom is -0.444 e. The second kappa shape index (κ2) is 8.70.